The minimum absolute atomic E-state index is 0.167. The van der Waals surface area contributed by atoms with E-state index in [1.807, 2.05) is 24.3 Å². The third-order valence-electron chi connectivity index (χ3n) is 4.46. The summed E-state index contributed by atoms with van der Waals surface area (Å²) in [7, 11) is 1.59. The van der Waals surface area contributed by atoms with Crippen molar-refractivity contribution in [2.24, 2.45) is 0 Å². The molecule has 29 heavy (non-hydrogen) atoms. The second-order valence-electron chi connectivity index (χ2n) is 6.40. The van der Waals surface area contributed by atoms with Crippen molar-refractivity contribution in [2.75, 3.05) is 7.11 Å². The Morgan fingerprint density at radius 1 is 1.03 bits per heavy atom. The Kier molecular flexibility index (Phi) is 5.23. The van der Waals surface area contributed by atoms with Crippen LogP contribution >= 0.6 is 11.6 Å². The van der Waals surface area contributed by atoms with Crippen LogP contribution in [-0.2, 0) is 6.61 Å². The monoisotopic (exact) mass is 410 g/mol. The van der Waals surface area contributed by atoms with Gasteiger partial charge in [-0.2, -0.15) is 0 Å². The molecule has 0 unspecified atom stereocenters. The van der Waals surface area contributed by atoms with Crippen molar-refractivity contribution in [1.29, 1.82) is 0 Å². The molecular formula is C23H16ClFO4. The molecule has 4 nitrogen and oxygen atoms in total. The molecule has 1 heterocycles. The zero-order valence-corrected chi connectivity index (χ0v) is 16.2. The maximum Gasteiger partial charge on any atom is 0.231 e. The molecule has 146 valence electrons. The average Bonchev–Trinajstić information content (AvgIpc) is 3.03. The van der Waals surface area contributed by atoms with Crippen molar-refractivity contribution in [2.45, 2.75) is 6.61 Å². The van der Waals surface area contributed by atoms with Crippen LogP contribution in [0.2, 0.25) is 5.02 Å². The molecule has 0 aromatic heterocycles. The van der Waals surface area contributed by atoms with E-state index < -0.39 is 5.82 Å². The number of carbonyl (C=O) groups is 1. The number of hydrogen-bond acceptors (Lipinski definition) is 4. The molecule has 0 fully saturated rings. The number of ketones is 1. The lowest BCUT2D eigenvalue weighted by molar-refractivity contribution is 0.101. The summed E-state index contributed by atoms with van der Waals surface area (Å²) in [4.78, 5) is 12.6. The number of Topliss-reactive ketones (excluding diaryl/α,β-unsaturated/α-hetero) is 1. The number of methoxy groups -OCH3 is 1. The smallest absolute Gasteiger partial charge is 0.231 e. The van der Waals surface area contributed by atoms with Gasteiger partial charge < -0.3 is 14.2 Å². The Morgan fingerprint density at radius 2 is 1.79 bits per heavy atom. The lowest BCUT2D eigenvalue weighted by atomic mass is 10.1. The normalized spacial score (nSPS) is 13.9. The molecule has 3 aromatic rings. The molecule has 0 saturated heterocycles. The van der Waals surface area contributed by atoms with Crippen molar-refractivity contribution < 1.29 is 23.4 Å². The van der Waals surface area contributed by atoms with Gasteiger partial charge in [-0.25, -0.2) is 4.39 Å². The Balaban J connectivity index is 1.50. The summed E-state index contributed by atoms with van der Waals surface area (Å²) in [6, 6.07) is 16.4. The number of ether oxygens (including phenoxy) is 3. The molecule has 0 bridgehead atoms. The fourth-order valence-corrected chi connectivity index (χ4v) is 3.13. The van der Waals surface area contributed by atoms with E-state index in [-0.39, 0.29) is 18.1 Å². The molecule has 0 radical (unpaired) electrons. The van der Waals surface area contributed by atoms with E-state index >= 15 is 0 Å². The molecule has 6 heteroatoms. The standard InChI is InChI=1S/C23H16ClFO4/c1-27-17-6-2-14(3-7-17)10-22-23(26)19-9-8-18(12-21(19)29-22)28-13-15-4-5-16(25)11-20(15)24/h2-12H,13H2,1H3/b22-10+. The Hall–Kier alpha value is -3.31. The van der Waals surface area contributed by atoms with Gasteiger partial charge in [0.15, 0.2) is 5.76 Å². The highest BCUT2D eigenvalue weighted by atomic mass is 35.5. The predicted molar refractivity (Wildman–Crippen MR) is 108 cm³/mol. The Labute approximate surface area is 172 Å². The third kappa shape index (κ3) is 4.10. The predicted octanol–water partition coefficient (Wildman–Crippen LogP) is 5.68. The van der Waals surface area contributed by atoms with Crippen molar-refractivity contribution in [1.82, 2.24) is 0 Å². The van der Waals surface area contributed by atoms with E-state index in [1.165, 1.54) is 12.1 Å². The maximum atomic E-state index is 13.1. The fraction of sp³-hybridized carbons (Fsp3) is 0.0870. The summed E-state index contributed by atoms with van der Waals surface area (Å²) >= 11 is 6.02. The molecule has 0 saturated carbocycles. The van der Waals surface area contributed by atoms with Crippen LogP contribution in [0, 0.1) is 5.82 Å². The van der Waals surface area contributed by atoms with Crippen LogP contribution in [-0.4, -0.2) is 12.9 Å². The van der Waals surface area contributed by atoms with Crippen LogP contribution in [0.3, 0.4) is 0 Å². The topological polar surface area (TPSA) is 44.8 Å². The highest BCUT2D eigenvalue weighted by Crippen LogP contribution is 2.35. The summed E-state index contributed by atoms with van der Waals surface area (Å²) in [6.45, 7) is 0.167. The van der Waals surface area contributed by atoms with Gasteiger partial charge in [0.1, 0.15) is 29.7 Å². The third-order valence-corrected chi connectivity index (χ3v) is 4.82. The van der Waals surface area contributed by atoms with Gasteiger partial charge >= 0.3 is 0 Å². The van der Waals surface area contributed by atoms with Gasteiger partial charge in [0.25, 0.3) is 0 Å². The van der Waals surface area contributed by atoms with Crippen LogP contribution < -0.4 is 14.2 Å². The highest BCUT2D eigenvalue weighted by Gasteiger charge is 2.27. The second-order valence-corrected chi connectivity index (χ2v) is 6.80. The molecule has 4 rings (SSSR count). The number of halogens is 2. The molecule has 1 aliphatic heterocycles. The molecule has 3 aromatic carbocycles. The van der Waals surface area contributed by atoms with E-state index in [4.69, 9.17) is 25.8 Å². The highest BCUT2D eigenvalue weighted by molar-refractivity contribution is 6.31. The maximum absolute atomic E-state index is 13.1. The van der Waals surface area contributed by atoms with Crippen LogP contribution in [0.25, 0.3) is 6.08 Å². The zero-order valence-electron chi connectivity index (χ0n) is 15.4. The lowest BCUT2D eigenvalue weighted by Gasteiger charge is -2.08. The van der Waals surface area contributed by atoms with Crippen LogP contribution in [0.1, 0.15) is 21.5 Å². The Morgan fingerprint density at radius 3 is 2.52 bits per heavy atom. The van der Waals surface area contributed by atoms with Gasteiger partial charge in [-0.1, -0.05) is 29.8 Å². The van der Waals surface area contributed by atoms with E-state index in [0.717, 1.165) is 11.3 Å². The van der Waals surface area contributed by atoms with E-state index in [2.05, 4.69) is 0 Å². The lowest BCUT2D eigenvalue weighted by Crippen LogP contribution is -1.98. The molecule has 0 spiro atoms. The fourth-order valence-electron chi connectivity index (χ4n) is 2.91. The van der Waals surface area contributed by atoms with Gasteiger partial charge in [-0.05, 0) is 48.0 Å². The molecule has 0 N–H and O–H groups in total. The summed E-state index contributed by atoms with van der Waals surface area (Å²) < 4.78 is 29.7. The minimum Gasteiger partial charge on any atom is -0.497 e. The average molecular weight is 411 g/mol. The number of carbonyl (C=O) groups excluding carboxylic acids is 1. The van der Waals surface area contributed by atoms with Crippen molar-refractivity contribution in [3.8, 4) is 17.2 Å². The van der Waals surface area contributed by atoms with Gasteiger partial charge in [-0.15, -0.1) is 0 Å². The van der Waals surface area contributed by atoms with Crippen molar-refractivity contribution >= 4 is 23.5 Å². The first-order valence-corrected chi connectivity index (χ1v) is 9.20. The SMILES string of the molecule is COc1ccc(/C=C2/Oc3cc(OCc4ccc(F)cc4Cl)ccc3C2=O)cc1. The molecule has 1 aliphatic rings. The van der Waals surface area contributed by atoms with E-state index in [1.54, 1.807) is 37.5 Å². The first kappa shape index (κ1) is 19.0. The van der Waals surface area contributed by atoms with Crippen LogP contribution in [0.5, 0.6) is 17.2 Å². The first-order valence-electron chi connectivity index (χ1n) is 8.82. The van der Waals surface area contributed by atoms with Crippen molar-refractivity contribution in [3.63, 3.8) is 0 Å². The van der Waals surface area contributed by atoms with E-state index in [9.17, 15) is 9.18 Å². The minimum atomic E-state index is -0.403. The molecule has 0 aliphatic carbocycles. The second kappa shape index (κ2) is 7.97. The number of benzene rings is 3. The number of rotatable bonds is 5. The molecule has 0 amide bonds. The largest absolute Gasteiger partial charge is 0.497 e. The molecule has 0 atom stereocenters. The summed E-state index contributed by atoms with van der Waals surface area (Å²) in [5.74, 6) is 1.32. The quantitative estimate of drug-likeness (QED) is 0.507. The first-order chi connectivity index (χ1) is 14.0. The Bertz CT molecular complexity index is 1110. The molecular weight excluding hydrogens is 395 g/mol. The van der Waals surface area contributed by atoms with Gasteiger partial charge in [0.2, 0.25) is 5.78 Å². The summed E-state index contributed by atoms with van der Waals surface area (Å²) in [5, 5.41) is 0.294. The van der Waals surface area contributed by atoms with Crippen LogP contribution in [0.15, 0.2) is 66.4 Å². The van der Waals surface area contributed by atoms with E-state index in [0.29, 0.717) is 27.6 Å². The number of allylic oxidation sites excluding steroid dienone is 1. The summed E-state index contributed by atoms with van der Waals surface area (Å²) in [6.07, 6.45) is 1.68. The van der Waals surface area contributed by atoms with Gasteiger partial charge in [0.05, 0.1) is 17.7 Å². The van der Waals surface area contributed by atoms with Gasteiger partial charge in [-0.3, -0.25) is 4.79 Å². The van der Waals surface area contributed by atoms with Crippen molar-refractivity contribution in [3.05, 3.63) is 94.0 Å². The number of fused-ring (bicyclic) bond motifs is 1. The zero-order chi connectivity index (χ0) is 20.4. The summed E-state index contributed by atoms with van der Waals surface area (Å²) in [5.41, 5.74) is 1.95. The number of hydrogen-bond donors (Lipinski definition) is 0. The van der Waals surface area contributed by atoms with Gasteiger partial charge in [0, 0.05) is 11.6 Å². The van der Waals surface area contributed by atoms with Crippen LogP contribution in [0.4, 0.5) is 4.39 Å².